The Morgan fingerprint density at radius 1 is 1.09 bits per heavy atom. The molecule has 0 aliphatic rings. The Morgan fingerprint density at radius 3 is 1.79 bits per heavy atom. The third-order valence-electron chi connectivity index (χ3n) is 4.86. The van der Waals surface area contributed by atoms with Crippen molar-refractivity contribution < 1.29 is 32.9 Å². The molecule has 0 heterocycles. The Labute approximate surface area is 206 Å². The number of carboxylic acids is 1. The van der Waals surface area contributed by atoms with Crippen LogP contribution in [0.15, 0.2) is 60.7 Å². The minimum atomic E-state index is -3.50. The predicted molar refractivity (Wildman–Crippen MR) is 136 cm³/mol. The Kier molecular flexibility index (Phi) is 11.9. The van der Waals surface area contributed by atoms with E-state index in [1.54, 1.807) is 0 Å². The minimum absolute atomic E-state index is 0.179. The SMILES string of the molecule is COP(=O)(Cl)C[C@H](CC(=O)O)O[Si](c1ccccc1)(c1ccccc1)C(C)(C)C.O=[P+](O)Cl. The van der Waals surface area contributed by atoms with Crippen LogP contribution >= 0.6 is 36.6 Å². The summed E-state index contributed by atoms with van der Waals surface area (Å²) in [7, 11) is -4.13. The van der Waals surface area contributed by atoms with Crippen LogP contribution in [0.4, 0.5) is 0 Å². The van der Waals surface area contributed by atoms with Crippen molar-refractivity contribution in [3.63, 3.8) is 0 Å². The lowest BCUT2D eigenvalue weighted by atomic mass is 10.2. The van der Waals surface area contributed by atoms with Crippen LogP contribution in [0.5, 0.6) is 0 Å². The fourth-order valence-corrected chi connectivity index (χ4v) is 9.72. The van der Waals surface area contributed by atoms with Gasteiger partial charge >= 0.3 is 13.3 Å². The second-order valence-electron chi connectivity index (χ2n) is 8.18. The van der Waals surface area contributed by atoms with Crippen molar-refractivity contribution in [2.45, 2.75) is 38.3 Å². The number of aliphatic carboxylic acids is 1. The first-order valence-corrected chi connectivity index (χ1v) is 16.7. The maximum absolute atomic E-state index is 12.5. The van der Waals surface area contributed by atoms with Crippen LogP contribution in [0.2, 0.25) is 5.04 Å². The van der Waals surface area contributed by atoms with Crippen LogP contribution in [-0.4, -0.2) is 43.7 Å². The van der Waals surface area contributed by atoms with Gasteiger partial charge in [-0.25, -0.2) is 0 Å². The summed E-state index contributed by atoms with van der Waals surface area (Å²) in [6.07, 6.45) is -1.35. The first-order chi connectivity index (χ1) is 15.2. The van der Waals surface area contributed by atoms with Crippen LogP contribution in [0.3, 0.4) is 0 Å². The molecule has 0 fully saturated rings. The van der Waals surface area contributed by atoms with E-state index >= 15 is 0 Å². The largest absolute Gasteiger partial charge is 0.631 e. The Balaban J connectivity index is 0.00000125. The van der Waals surface area contributed by atoms with E-state index in [2.05, 4.69) is 32.0 Å². The maximum atomic E-state index is 12.5. The number of halogens is 2. The normalized spacial score (nSPS) is 14.9. The van der Waals surface area contributed by atoms with Gasteiger partial charge in [-0.05, 0) is 31.2 Å². The monoisotopic (exact) mass is 553 g/mol. The number of hydrogen-bond donors (Lipinski definition) is 2. The van der Waals surface area contributed by atoms with Gasteiger partial charge in [0.25, 0.3) is 15.0 Å². The minimum Gasteiger partial charge on any atom is -0.481 e. The molecule has 0 saturated carbocycles. The lowest BCUT2D eigenvalue weighted by molar-refractivity contribution is -0.138. The number of rotatable bonds is 9. The van der Waals surface area contributed by atoms with Gasteiger partial charge in [-0.2, -0.15) is 0 Å². The van der Waals surface area contributed by atoms with Gasteiger partial charge in [0.1, 0.15) is 0 Å². The predicted octanol–water partition coefficient (Wildman–Crippen LogP) is 5.36. The second-order valence-corrected chi connectivity index (χ2v) is 17.2. The fraction of sp³-hybridized carbons (Fsp3) is 0.381. The first kappa shape index (κ1) is 29.9. The molecular weight excluding hydrogens is 525 g/mol. The number of carboxylic acid groups (broad SMARTS) is 1. The molecule has 0 aliphatic heterocycles. The lowest BCUT2D eigenvalue weighted by Gasteiger charge is -2.45. The van der Waals surface area contributed by atoms with E-state index in [1.165, 1.54) is 7.11 Å². The highest BCUT2D eigenvalue weighted by Crippen LogP contribution is 2.53. The van der Waals surface area contributed by atoms with Crippen LogP contribution in [0, 0.1) is 0 Å². The highest BCUT2D eigenvalue weighted by Gasteiger charge is 2.52. The van der Waals surface area contributed by atoms with E-state index in [0.717, 1.165) is 10.4 Å². The van der Waals surface area contributed by atoms with Gasteiger partial charge in [0.15, 0.2) is 0 Å². The summed E-state index contributed by atoms with van der Waals surface area (Å²) in [5.74, 6) is -1.04. The molecule has 2 aromatic rings. The van der Waals surface area contributed by atoms with Gasteiger partial charge in [-0.3, -0.25) is 9.36 Å². The molecule has 7 nitrogen and oxygen atoms in total. The van der Waals surface area contributed by atoms with E-state index in [0.29, 0.717) is 0 Å². The summed E-state index contributed by atoms with van der Waals surface area (Å²) in [5, 5.41) is 11.1. The number of benzene rings is 2. The summed E-state index contributed by atoms with van der Waals surface area (Å²) in [4.78, 5) is 18.9. The van der Waals surface area contributed by atoms with Gasteiger partial charge in [0.2, 0.25) is 11.2 Å². The number of hydrogen-bond acceptors (Lipinski definition) is 5. The van der Waals surface area contributed by atoms with Crippen molar-refractivity contribution in [1.29, 1.82) is 0 Å². The van der Waals surface area contributed by atoms with Gasteiger partial charge in [0.05, 0.1) is 18.7 Å². The summed E-state index contributed by atoms with van der Waals surface area (Å²) < 4.78 is 33.1. The zero-order valence-electron chi connectivity index (χ0n) is 18.9. The van der Waals surface area contributed by atoms with E-state index in [1.807, 2.05) is 60.7 Å². The lowest BCUT2D eigenvalue weighted by Crippen LogP contribution is -2.68. The van der Waals surface area contributed by atoms with E-state index in [-0.39, 0.29) is 17.6 Å². The quantitative estimate of drug-likeness (QED) is 0.317. The van der Waals surface area contributed by atoms with Gasteiger partial charge in [-0.1, -0.05) is 81.4 Å². The van der Waals surface area contributed by atoms with Crippen molar-refractivity contribution >= 4 is 61.2 Å². The zero-order valence-corrected chi connectivity index (χ0v) is 23.2. The van der Waals surface area contributed by atoms with Crippen LogP contribution < -0.4 is 10.4 Å². The van der Waals surface area contributed by atoms with Crippen LogP contribution in [0.25, 0.3) is 0 Å². The molecule has 0 aromatic heterocycles. The molecule has 0 amide bonds. The summed E-state index contributed by atoms with van der Waals surface area (Å²) >= 11 is 10.3. The maximum Gasteiger partial charge on any atom is 0.631 e. The molecule has 0 spiro atoms. The van der Waals surface area contributed by atoms with Crippen molar-refractivity contribution in [2.24, 2.45) is 0 Å². The summed E-state index contributed by atoms with van der Waals surface area (Å²) in [6, 6.07) is 19.7. The van der Waals surface area contributed by atoms with Crippen molar-refractivity contribution in [2.75, 3.05) is 13.3 Å². The summed E-state index contributed by atoms with van der Waals surface area (Å²) in [6.45, 7) is 2.77. The molecule has 3 atom stereocenters. The highest BCUT2D eigenvalue weighted by atomic mass is 35.7. The third kappa shape index (κ3) is 9.23. The average molecular weight is 554 g/mol. The second kappa shape index (κ2) is 13.1. The van der Waals surface area contributed by atoms with E-state index in [4.69, 9.17) is 29.6 Å². The summed E-state index contributed by atoms with van der Waals surface area (Å²) in [5.41, 5.74) is 0. The first-order valence-electron chi connectivity index (χ1n) is 9.92. The molecule has 0 saturated heterocycles. The average Bonchev–Trinajstić information content (AvgIpc) is 2.71. The molecule has 0 aliphatic carbocycles. The molecule has 2 aromatic carbocycles. The topological polar surface area (TPSA) is 110 Å². The van der Waals surface area contributed by atoms with Crippen molar-refractivity contribution in [3.05, 3.63) is 60.7 Å². The molecule has 33 heavy (non-hydrogen) atoms. The van der Waals surface area contributed by atoms with Crippen molar-refractivity contribution in [1.82, 2.24) is 0 Å². The molecule has 2 rings (SSSR count). The number of carbonyl (C=O) groups is 1. The third-order valence-corrected chi connectivity index (χ3v) is 12.2. The van der Waals surface area contributed by atoms with E-state index in [9.17, 15) is 14.5 Å². The van der Waals surface area contributed by atoms with Crippen molar-refractivity contribution in [3.8, 4) is 0 Å². The molecule has 2 unspecified atom stereocenters. The standard InChI is InChI=1S/C21H28ClO5PSi.ClO2P/c1-21(2,3)29(18-11-7-5-8-12-18,19-13-9-6-10-14-19)27-17(15-20(23)24)16-28(22,25)26-4;1-4(2)3/h5-14,17H,15-16H2,1-4H3,(H,23,24);/p+1/t17-,28?;/m0./s1. The molecule has 0 radical (unpaired) electrons. The Hall–Kier alpha value is -1.08. The van der Waals surface area contributed by atoms with Gasteiger partial charge < -0.3 is 14.1 Å². The molecule has 12 heteroatoms. The van der Waals surface area contributed by atoms with Crippen LogP contribution in [-0.2, 0) is 22.9 Å². The highest BCUT2D eigenvalue weighted by molar-refractivity contribution is 7.85. The fourth-order valence-electron chi connectivity index (χ4n) is 3.60. The molecule has 0 bridgehead atoms. The smallest absolute Gasteiger partial charge is 0.481 e. The van der Waals surface area contributed by atoms with E-state index < -0.39 is 34.5 Å². The molecule has 2 N–H and O–H groups in total. The molecule has 182 valence electrons. The molecular formula is C21H29Cl2O7P2Si+. The van der Waals surface area contributed by atoms with Gasteiger partial charge in [-0.15, -0.1) is 4.89 Å². The Bertz CT molecular complexity index is 913. The van der Waals surface area contributed by atoms with Gasteiger partial charge in [0, 0.05) is 7.11 Å². The van der Waals surface area contributed by atoms with Crippen LogP contribution in [0.1, 0.15) is 27.2 Å². The Morgan fingerprint density at radius 2 is 1.48 bits per heavy atom. The zero-order chi connectivity index (χ0) is 25.3.